The van der Waals surface area contributed by atoms with E-state index in [1.807, 2.05) is 6.92 Å². The minimum Gasteiger partial charge on any atom is -0.454 e. The molecule has 0 radical (unpaired) electrons. The van der Waals surface area contributed by atoms with E-state index in [-0.39, 0.29) is 5.41 Å². The summed E-state index contributed by atoms with van der Waals surface area (Å²) in [5, 5.41) is 50.9. The number of carbonyl (C=O) groups is 1. The number of ether oxygens (including phenoxy) is 3. The highest BCUT2D eigenvalue weighted by Crippen LogP contribution is 2.57. The highest BCUT2D eigenvalue weighted by molar-refractivity contribution is 5.77. The van der Waals surface area contributed by atoms with Crippen molar-refractivity contribution in [3.05, 3.63) is 11.1 Å². The molecule has 0 aromatic heterocycles. The molecule has 30 heavy (non-hydrogen) atoms. The van der Waals surface area contributed by atoms with E-state index in [1.165, 1.54) is 0 Å². The van der Waals surface area contributed by atoms with Gasteiger partial charge in [0.1, 0.15) is 30.0 Å². The summed E-state index contributed by atoms with van der Waals surface area (Å²) in [5.74, 6) is -1.02. The van der Waals surface area contributed by atoms with Crippen LogP contribution in [0.25, 0.3) is 0 Å². The zero-order chi connectivity index (χ0) is 22.0. The third kappa shape index (κ3) is 3.14. The Hall–Kier alpha value is -1.07. The Kier molecular flexibility index (Phi) is 5.54. The van der Waals surface area contributed by atoms with Crippen LogP contribution < -0.4 is 0 Å². The van der Waals surface area contributed by atoms with Crippen molar-refractivity contribution >= 4 is 5.97 Å². The molecule has 170 valence electrons. The second-order valence-corrected chi connectivity index (χ2v) is 9.55. The zero-order valence-electron chi connectivity index (χ0n) is 17.5. The average molecular weight is 428 g/mol. The number of fused-ring (bicyclic) bond motifs is 3. The predicted octanol–water partition coefficient (Wildman–Crippen LogP) is -0.625. The zero-order valence-corrected chi connectivity index (χ0v) is 17.5. The molecule has 4 rings (SSSR count). The summed E-state index contributed by atoms with van der Waals surface area (Å²) in [6, 6.07) is 0. The Balaban J connectivity index is 1.62. The van der Waals surface area contributed by atoms with Crippen molar-refractivity contribution in [1.29, 1.82) is 0 Å². The van der Waals surface area contributed by atoms with Crippen LogP contribution in [0.1, 0.15) is 46.5 Å². The number of esters is 1. The molecule has 1 saturated carbocycles. The number of aliphatic hydroxyl groups is 5. The van der Waals surface area contributed by atoms with Crippen molar-refractivity contribution in [1.82, 2.24) is 0 Å². The molecule has 9 nitrogen and oxygen atoms in total. The van der Waals surface area contributed by atoms with Gasteiger partial charge in [-0.2, -0.15) is 0 Å². The van der Waals surface area contributed by atoms with Crippen LogP contribution in [-0.4, -0.2) is 86.6 Å². The Morgan fingerprint density at radius 3 is 2.50 bits per heavy atom. The summed E-state index contributed by atoms with van der Waals surface area (Å²) in [6.45, 7) is 5.12. The van der Waals surface area contributed by atoms with Crippen LogP contribution in [0.2, 0.25) is 0 Å². The van der Waals surface area contributed by atoms with E-state index >= 15 is 0 Å². The van der Waals surface area contributed by atoms with Gasteiger partial charge in [0.05, 0.1) is 18.6 Å². The number of hydrogen-bond acceptors (Lipinski definition) is 9. The summed E-state index contributed by atoms with van der Waals surface area (Å²) in [5.41, 5.74) is 0.180. The normalized spacial score (nSPS) is 51.4. The van der Waals surface area contributed by atoms with Crippen LogP contribution >= 0.6 is 0 Å². The summed E-state index contributed by atoms with van der Waals surface area (Å²) in [4.78, 5) is 12.2. The maximum atomic E-state index is 12.2. The minimum atomic E-state index is -1.51. The molecule has 0 unspecified atom stereocenters. The molecule has 2 saturated heterocycles. The van der Waals surface area contributed by atoms with Gasteiger partial charge in [-0.3, -0.25) is 4.79 Å². The van der Waals surface area contributed by atoms with Gasteiger partial charge in [-0.05, 0) is 56.1 Å². The summed E-state index contributed by atoms with van der Waals surface area (Å²) >= 11 is 0. The van der Waals surface area contributed by atoms with Gasteiger partial charge in [-0.1, -0.05) is 6.92 Å². The molecule has 5 N–H and O–H groups in total. The second-order valence-electron chi connectivity index (χ2n) is 9.55. The summed E-state index contributed by atoms with van der Waals surface area (Å²) in [7, 11) is 0. The van der Waals surface area contributed by atoms with E-state index in [2.05, 4.69) is 6.92 Å². The Morgan fingerprint density at radius 2 is 1.83 bits per heavy atom. The van der Waals surface area contributed by atoms with Gasteiger partial charge >= 0.3 is 5.97 Å². The van der Waals surface area contributed by atoms with E-state index in [0.29, 0.717) is 12.8 Å². The molecule has 0 bridgehead atoms. The molecule has 3 fully saturated rings. The van der Waals surface area contributed by atoms with E-state index in [4.69, 9.17) is 14.2 Å². The maximum absolute atomic E-state index is 12.2. The average Bonchev–Trinajstić information content (AvgIpc) is 2.94. The third-order valence-electron chi connectivity index (χ3n) is 7.79. The molecule has 0 amide bonds. The van der Waals surface area contributed by atoms with Crippen LogP contribution in [0.15, 0.2) is 11.1 Å². The lowest BCUT2D eigenvalue weighted by atomic mass is 9.57. The van der Waals surface area contributed by atoms with Gasteiger partial charge in [0.2, 0.25) is 0 Å². The molecule has 10 atom stereocenters. The standard InChI is InChI=1S/C21H32O9/c1-9-11(28-19-16(25)15(24)14(23)12(8-22)29-19)4-5-20(3)6-7-21(27)10(2)18(26)30-17(21)13(9)20/h10-12,14-17,19,22-25,27H,4-8H2,1-3H3/t10-,11+,12+,14+,15-,16+,17-,19+,20+,21+/m0/s1. The topological polar surface area (TPSA) is 146 Å². The molecule has 0 aromatic rings. The van der Waals surface area contributed by atoms with Crippen LogP contribution in [0.4, 0.5) is 0 Å². The SMILES string of the molecule is CC1=C2[C@@H]3OC(=O)[C@H](C)[C@]3(O)CC[C@@]2(C)CC[C@H]1O[C@@H]1O[C@H](CO)[C@@H](O)[C@H](O)[C@H]1O. The molecule has 2 aliphatic heterocycles. The van der Waals surface area contributed by atoms with E-state index in [9.17, 15) is 30.3 Å². The number of hydrogen-bond donors (Lipinski definition) is 5. The first-order valence-corrected chi connectivity index (χ1v) is 10.6. The Bertz CT molecular complexity index is 736. The van der Waals surface area contributed by atoms with Gasteiger partial charge in [-0.25, -0.2) is 0 Å². The first-order chi connectivity index (χ1) is 14.0. The molecular formula is C21H32O9. The van der Waals surface area contributed by atoms with Crippen molar-refractivity contribution in [2.45, 2.75) is 95.0 Å². The van der Waals surface area contributed by atoms with Crippen LogP contribution in [0, 0.1) is 11.3 Å². The quantitative estimate of drug-likeness (QED) is 0.293. The molecule has 0 aromatic carbocycles. The van der Waals surface area contributed by atoms with Gasteiger partial charge in [0.15, 0.2) is 12.4 Å². The highest BCUT2D eigenvalue weighted by atomic mass is 16.7. The number of carbonyl (C=O) groups excluding carboxylic acids is 1. The largest absolute Gasteiger partial charge is 0.454 e. The van der Waals surface area contributed by atoms with Crippen molar-refractivity contribution in [2.24, 2.45) is 11.3 Å². The Labute approximate surface area is 175 Å². The van der Waals surface area contributed by atoms with Crippen molar-refractivity contribution < 1.29 is 44.5 Å². The lowest BCUT2D eigenvalue weighted by Gasteiger charge is -2.51. The summed E-state index contributed by atoms with van der Waals surface area (Å²) < 4.78 is 17.1. The molecule has 2 aliphatic carbocycles. The molecule has 2 heterocycles. The fourth-order valence-corrected chi connectivity index (χ4v) is 5.63. The van der Waals surface area contributed by atoms with Crippen molar-refractivity contribution in [3.63, 3.8) is 0 Å². The second kappa shape index (κ2) is 7.51. The maximum Gasteiger partial charge on any atom is 0.312 e. The van der Waals surface area contributed by atoms with E-state index in [1.54, 1.807) is 6.92 Å². The Morgan fingerprint density at radius 1 is 1.13 bits per heavy atom. The lowest BCUT2D eigenvalue weighted by molar-refractivity contribution is -0.309. The van der Waals surface area contributed by atoms with Gasteiger partial charge in [0, 0.05) is 0 Å². The van der Waals surface area contributed by atoms with Gasteiger partial charge in [-0.15, -0.1) is 0 Å². The molecule has 0 spiro atoms. The lowest BCUT2D eigenvalue weighted by Crippen LogP contribution is -2.60. The van der Waals surface area contributed by atoms with Crippen LogP contribution in [-0.2, 0) is 19.0 Å². The van der Waals surface area contributed by atoms with E-state index < -0.39 is 67.0 Å². The van der Waals surface area contributed by atoms with Crippen molar-refractivity contribution in [2.75, 3.05) is 6.61 Å². The molecular weight excluding hydrogens is 396 g/mol. The minimum absolute atomic E-state index is 0.236. The van der Waals surface area contributed by atoms with Gasteiger partial charge in [0.25, 0.3) is 0 Å². The van der Waals surface area contributed by atoms with Crippen LogP contribution in [0.3, 0.4) is 0 Å². The fraction of sp³-hybridized carbons (Fsp3) is 0.857. The molecule has 9 heteroatoms. The van der Waals surface area contributed by atoms with E-state index in [0.717, 1.165) is 24.0 Å². The number of rotatable bonds is 3. The molecule has 4 aliphatic rings. The number of aliphatic hydroxyl groups excluding tert-OH is 4. The van der Waals surface area contributed by atoms with Crippen molar-refractivity contribution in [3.8, 4) is 0 Å². The third-order valence-corrected chi connectivity index (χ3v) is 7.79. The summed E-state index contributed by atoms with van der Waals surface area (Å²) in [6.07, 6.45) is -5.41. The highest BCUT2D eigenvalue weighted by Gasteiger charge is 2.62. The first-order valence-electron chi connectivity index (χ1n) is 10.6. The predicted molar refractivity (Wildman–Crippen MR) is 102 cm³/mol. The first kappa shape index (κ1) is 22.1. The fourth-order valence-electron chi connectivity index (χ4n) is 5.63. The van der Waals surface area contributed by atoms with Gasteiger partial charge < -0.3 is 39.7 Å². The smallest absolute Gasteiger partial charge is 0.312 e. The monoisotopic (exact) mass is 428 g/mol. The van der Waals surface area contributed by atoms with Crippen LogP contribution in [0.5, 0.6) is 0 Å².